The first kappa shape index (κ1) is 18.9. The molecule has 0 unspecified atom stereocenters. The average molecular weight is 379 g/mol. The van der Waals surface area contributed by atoms with Gasteiger partial charge in [0.25, 0.3) is 0 Å². The molecule has 1 N–H and O–H groups in total. The number of hydrogen-bond donors (Lipinski definition) is 1. The number of rotatable bonds is 6. The molecule has 0 atom stereocenters. The third-order valence-corrected chi connectivity index (χ3v) is 6.34. The SMILES string of the molecule is O=C1CCC2(CCN(CC=Cc3ccccc3)CC2)CN1CCc1cnc[nH]1. The lowest BCUT2D eigenvalue weighted by Gasteiger charge is -2.47. The summed E-state index contributed by atoms with van der Waals surface area (Å²) in [5.74, 6) is 0.318. The highest BCUT2D eigenvalue weighted by Gasteiger charge is 2.40. The summed E-state index contributed by atoms with van der Waals surface area (Å²) in [5.41, 5.74) is 2.68. The number of aromatic amines is 1. The minimum absolute atomic E-state index is 0.318. The van der Waals surface area contributed by atoms with Gasteiger partial charge in [0.2, 0.25) is 5.91 Å². The van der Waals surface area contributed by atoms with E-state index in [1.807, 2.05) is 6.20 Å². The summed E-state index contributed by atoms with van der Waals surface area (Å²) in [6.45, 7) is 4.98. The van der Waals surface area contributed by atoms with Gasteiger partial charge in [0.1, 0.15) is 0 Å². The first-order valence-corrected chi connectivity index (χ1v) is 10.4. The first-order valence-electron chi connectivity index (χ1n) is 10.4. The van der Waals surface area contributed by atoms with Crippen LogP contribution in [0.15, 0.2) is 48.9 Å². The molecular weight excluding hydrogens is 348 g/mol. The molecule has 0 aliphatic carbocycles. The number of nitrogens with one attached hydrogen (secondary N) is 1. The lowest BCUT2D eigenvalue weighted by molar-refractivity contribution is -0.139. The van der Waals surface area contributed by atoms with Gasteiger partial charge in [0.05, 0.1) is 6.33 Å². The van der Waals surface area contributed by atoms with Gasteiger partial charge in [-0.25, -0.2) is 4.98 Å². The molecular formula is C23H30N4O. The van der Waals surface area contributed by atoms with Gasteiger partial charge in [-0.2, -0.15) is 0 Å². The Morgan fingerprint density at radius 2 is 1.96 bits per heavy atom. The Kier molecular flexibility index (Phi) is 5.91. The van der Waals surface area contributed by atoms with Crippen LogP contribution in [0.2, 0.25) is 0 Å². The number of carbonyl (C=O) groups excluding carboxylic acids is 1. The molecule has 2 aromatic rings. The number of piperidine rings is 2. The zero-order chi connectivity index (χ0) is 19.2. The predicted octanol–water partition coefficient (Wildman–Crippen LogP) is 3.37. The van der Waals surface area contributed by atoms with Crippen molar-refractivity contribution in [3.05, 3.63) is 60.2 Å². The van der Waals surface area contributed by atoms with E-state index in [0.717, 1.165) is 51.3 Å². The summed E-state index contributed by atoms with van der Waals surface area (Å²) >= 11 is 0. The van der Waals surface area contributed by atoms with Gasteiger partial charge in [0, 0.05) is 44.4 Å². The summed E-state index contributed by atoms with van der Waals surface area (Å²) in [6, 6.07) is 10.5. The van der Waals surface area contributed by atoms with Crippen molar-refractivity contribution in [2.75, 3.05) is 32.7 Å². The minimum atomic E-state index is 0.318. The normalized spacial score (nSPS) is 20.3. The molecule has 148 valence electrons. The second kappa shape index (κ2) is 8.74. The number of imidazole rings is 1. The molecule has 5 heteroatoms. The molecule has 2 aliphatic rings. The van der Waals surface area contributed by atoms with Crippen LogP contribution in [-0.4, -0.2) is 58.4 Å². The quantitative estimate of drug-likeness (QED) is 0.838. The second-order valence-electron chi connectivity index (χ2n) is 8.26. The number of likely N-dealkylation sites (tertiary alicyclic amines) is 2. The molecule has 0 radical (unpaired) electrons. The molecule has 28 heavy (non-hydrogen) atoms. The molecule has 2 saturated heterocycles. The van der Waals surface area contributed by atoms with Crippen molar-refractivity contribution < 1.29 is 4.79 Å². The molecule has 4 rings (SSSR count). The van der Waals surface area contributed by atoms with E-state index in [2.05, 4.69) is 62.3 Å². The molecule has 1 aromatic carbocycles. The monoisotopic (exact) mass is 378 g/mol. The van der Waals surface area contributed by atoms with Gasteiger partial charge < -0.3 is 9.88 Å². The van der Waals surface area contributed by atoms with Gasteiger partial charge in [-0.3, -0.25) is 9.69 Å². The molecule has 1 amide bonds. The summed E-state index contributed by atoms with van der Waals surface area (Å²) in [6.07, 6.45) is 13.0. The third-order valence-electron chi connectivity index (χ3n) is 6.34. The number of carbonyl (C=O) groups is 1. The van der Waals surface area contributed by atoms with E-state index in [4.69, 9.17) is 0 Å². The zero-order valence-corrected chi connectivity index (χ0v) is 16.5. The topological polar surface area (TPSA) is 52.2 Å². The lowest BCUT2D eigenvalue weighted by atomic mass is 9.72. The fraction of sp³-hybridized carbons (Fsp3) is 0.478. The average Bonchev–Trinajstić information content (AvgIpc) is 3.25. The van der Waals surface area contributed by atoms with E-state index in [9.17, 15) is 4.79 Å². The Balaban J connectivity index is 1.26. The standard InChI is InChI=1S/C23H30N4O/c28-22-8-10-23(18-27(22)14-9-21-17-24-19-25-21)11-15-26(16-12-23)13-4-7-20-5-2-1-3-6-20/h1-7,17,19H,8-16,18H2,(H,24,25). The van der Waals surface area contributed by atoms with Crippen LogP contribution in [0.4, 0.5) is 0 Å². The van der Waals surface area contributed by atoms with Crippen molar-refractivity contribution in [3.63, 3.8) is 0 Å². The van der Waals surface area contributed by atoms with E-state index < -0.39 is 0 Å². The minimum Gasteiger partial charge on any atom is -0.348 e. The maximum Gasteiger partial charge on any atom is 0.222 e. The highest BCUT2D eigenvalue weighted by Crippen LogP contribution is 2.40. The third kappa shape index (κ3) is 4.71. The van der Waals surface area contributed by atoms with Gasteiger partial charge >= 0.3 is 0 Å². The Morgan fingerprint density at radius 1 is 1.14 bits per heavy atom. The number of hydrogen-bond acceptors (Lipinski definition) is 3. The van der Waals surface area contributed by atoms with Gasteiger partial charge in [-0.05, 0) is 43.3 Å². The van der Waals surface area contributed by atoms with Crippen molar-refractivity contribution in [3.8, 4) is 0 Å². The van der Waals surface area contributed by atoms with Crippen LogP contribution in [0.5, 0.6) is 0 Å². The zero-order valence-electron chi connectivity index (χ0n) is 16.5. The predicted molar refractivity (Wildman–Crippen MR) is 112 cm³/mol. The molecule has 1 spiro atoms. The fourth-order valence-electron chi connectivity index (χ4n) is 4.50. The van der Waals surface area contributed by atoms with Crippen LogP contribution in [-0.2, 0) is 11.2 Å². The lowest BCUT2D eigenvalue weighted by Crippen LogP contribution is -2.51. The number of amides is 1. The number of nitrogens with zero attached hydrogens (tertiary/aromatic N) is 3. The molecule has 0 saturated carbocycles. The Morgan fingerprint density at radius 3 is 2.71 bits per heavy atom. The van der Waals surface area contributed by atoms with Crippen LogP contribution >= 0.6 is 0 Å². The summed E-state index contributed by atoms with van der Waals surface area (Å²) in [4.78, 5) is 24.2. The molecule has 0 bridgehead atoms. The van der Waals surface area contributed by atoms with E-state index in [1.165, 1.54) is 18.4 Å². The number of benzene rings is 1. The second-order valence-corrected chi connectivity index (χ2v) is 8.26. The van der Waals surface area contributed by atoms with Crippen molar-refractivity contribution in [1.29, 1.82) is 0 Å². The van der Waals surface area contributed by atoms with Crippen LogP contribution in [0.3, 0.4) is 0 Å². The molecule has 1 aromatic heterocycles. The fourth-order valence-corrected chi connectivity index (χ4v) is 4.50. The number of H-pyrrole nitrogens is 1. The maximum absolute atomic E-state index is 12.4. The molecule has 2 aliphatic heterocycles. The van der Waals surface area contributed by atoms with Gasteiger partial charge in [-0.1, -0.05) is 42.5 Å². The van der Waals surface area contributed by atoms with Crippen molar-refractivity contribution in [2.24, 2.45) is 5.41 Å². The first-order chi connectivity index (χ1) is 13.7. The van der Waals surface area contributed by atoms with Crippen LogP contribution in [0.1, 0.15) is 36.9 Å². The van der Waals surface area contributed by atoms with Gasteiger partial charge in [0.15, 0.2) is 0 Å². The Bertz CT molecular complexity index is 776. The Labute approximate surface area is 167 Å². The molecule has 5 nitrogen and oxygen atoms in total. The maximum atomic E-state index is 12.4. The highest BCUT2D eigenvalue weighted by molar-refractivity contribution is 5.77. The van der Waals surface area contributed by atoms with Crippen molar-refractivity contribution in [1.82, 2.24) is 19.8 Å². The van der Waals surface area contributed by atoms with Crippen molar-refractivity contribution >= 4 is 12.0 Å². The van der Waals surface area contributed by atoms with Gasteiger partial charge in [-0.15, -0.1) is 0 Å². The Hall–Kier alpha value is -2.40. The van der Waals surface area contributed by atoms with Crippen molar-refractivity contribution in [2.45, 2.75) is 32.1 Å². The smallest absolute Gasteiger partial charge is 0.222 e. The molecule has 2 fully saturated rings. The van der Waals surface area contributed by atoms with Crippen LogP contribution in [0, 0.1) is 5.41 Å². The van der Waals surface area contributed by atoms with E-state index in [-0.39, 0.29) is 0 Å². The summed E-state index contributed by atoms with van der Waals surface area (Å²) in [5, 5.41) is 0. The van der Waals surface area contributed by atoms with Crippen LogP contribution < -0.4 is 0 Å². The van der Waals surface area contributed by atoms with Crippen LogP contribution in [0.25, 0.3) is 6.08 Å². The van der Waals surface area contributed by atoms with E-state index in [0.29, 0.717) is 17.7 Å². The highest BCUT2D eigenvalue weighted by atomic mass is 16.2. The molecule has 3 heterocycles. The van der Waals surface area contributed by atoms with E-state index >= 15 is 0 Å². The summed E-state index contributed by atoms with van der Waals surface area (Å²) in [7, 11) is 0. The summed E-state index contributed by atoms with van der Waals surface area (Å²) < 4.78 is 0. The van der Waals surface area contributed by atoms with E-state index in [1.54, 1.807) is 6.33 Å². The largest absolute Gasteiger partial charge is 0.348 e. The number of aromatic nitrogens is 2.